The molecule has 0 fully saturated rings. The summed E-state index contributed by atoms with van der Waals surface area (Å²) in [6, 6.07) is 9.14. The lowest BCUT2D eigenvalue weighted by Crippen LogP contribution is -2.05. The summed E-state index contributed by atoms with van der Waals surface area (Å²) >= 11 is 6.03. The number of anilines is 1. The number of hydrogen-bond acceptors (Lipinski definition) is 2. The van der Waals surface area contributed by atoms with Gasteiger partial charge in [-0.05, 0) is 49.2 Å². The molecule has 3 aromatic rings. The molecule has 0 bridgehead atoms. The highest BCUT2D eigenvalue weighted by Gasteiger charge is 2.17. The number of ketones is 1. The number of hydrogen-bond donors (Lipinski definition) is 2. The van der Waals surface area contributed by atoms with E-state index in [0.29, 0.717) is 21.8 Å². The predicted molar refractivity (Wildman–Crippen MR) is 87.1 cm³/mol. The number of nitrogens with one attached hydrogen (secondary N) is 1. The number of carbonyl (C=O) groups is 1. The minimum absolute atomic E-state index is 0.0484. The fraction of sp³-hybridized carbons (Fsp3) is 0.118. The molecule has 3 nitrogen and oxygen atoms in total. The summed E-state index contributed by atoms with van der Waals surface area (Å²) in [6.07, 6.45) is 1.72. The van der Waals surface area contributed by atoms with Gasteiger partial charge in [0.05, 0.1) is 0 Å². The third-order valence-electron chi connectivity index (χ3n) is 3.75. The number of H-pyrrole nitrogens is 1. The molecule has 1 heterocycles. The van der Waals surface area contributed by atoms with Crippen LogP contribution in [0.15, 0.2) is 36.5 Å². The number of rotatable bonds is 2. The SMILES string of the molecule is Cc1cc(C)c(C(=O)c2c[nH]c3ccc(Cl)cc23)cc1N. The van der Waals surface area contributed by atoms with Crippen LogP contribution in [0.25, 0.3) is 10.9 Å². The average molecular weight is 299 g/mol. The van der Waals surface area contributed by atoms with Crippen molar-refractivity contribution in [2.45, 2.75) is 13.8 Å². The fourth-order valence-electron chi connectivity index (χ4n) is 2.54. The largest absolute Gasteiger partial charge is 0.398 e. The molecule has 3 N–H and O–H groups in total. The summed E-state index contributed by atoms with van der Waals surface area (Å²) in [5.41, 5.74) is 10.6. The van der Waals surface area contributed by atoms with E-state index in [0.717, 1.165) is 22.0 Å². The van der Waals surface area contributed by atoms with Crippen molar-refractivity contribution in [1.29, 1.82) is 0 Å². The van der Waals surface area contributed by atoms with Crippen LogP contribution in [0.1, 0.15) is 27.0 Å². The van der Waals surface area contributed by atoms with Crippen LogP contribution in [-0.4, -0.2) is 10.8 Å². The topological polar surface area (TPSA) is 58.9 Å². The Hall–Kier alpha value is -2.26. The van der Waals surface area contributed by atoms with Crippen molar-refractivity contribution in [2.24, 2.45) is 0 Å². The molecule has 21 heavy (non-hydrogen) atoms. The van der Waals surface area contributed by atoms with E-state index in [4.69, 9.17) is 17.3 Å². The Bertz CT molecular complexity index is 865. The van der Waals surface area contributed by atoms with Gasteiger partial charge in [0.2, 0.25) is 0 Å². The molecule has 0 radical (unpaired) electrons. The summed E-state index contributed by atoms with van der Waals surface area (Å²) in [5.74, 6) is -0.0484. The lowest BCUT2D eigenvalue weighted by atomic mass is 9.96. The van der Waals surface area contributed by atoms with Crippen molar-refractivity contribution in [3.8, 4) is 0 Å². The first-order chi connectivity index (χ1) is 9.97. The monoisotopic (exact) mass is 298 g/mol. The van der Waals surface area contributed by atoms with Crippen LogP contribution in [0.4, 0.5) is 5.69 Å². The Morgan fingerprint density at radius 1 is 1.10 bits per heavy atom. The minimum atomic E-state index is -0.0484. The number of aryl methyl sites for hydroxylation is 2. The lowest BCUT2D eigenvalue weighted by molar-refractivity contribution is 0.104. The quantitative estimate of drug-likeness (QED) is 0.549. The number of nitrogen functional groups attached to an aromatic ring is 1. The minimum Gasteiger partial charge on any atom is -0.398 e. The van der Waals surface area contributed by atoms with Gasteiger partial charge in [-0.3, -0.25) is 4.79 Å². The normalized spacial score (nSPS) is 11.0. The standard InChI is InChI=1S/C17H15ClN2O/c1-9-5-10(2)15(19)7-12(9)17(21)14-8-20-16-4-3-11(18)6-13(14)16/h3-8,20H,19H2,1-2H3. The van der Waals surface area contributed by atoms with Gasteiger partial charge in [-0.2, -0.15) is 0 Å². The Balaban J connectivity index is 2.17. The molecule has 0 saturated carbocycles. The Labute approximate surface area is 127 Å². The third-order valence-corrected chi connectivity index (χ3v) is 3.98. The molecule has 0 saturated heterocycles. The first-order valence-corrected chi connectivity index (χ1v) is 7.03. The van der Waals surface area contributed by atoms with Gasteiger partial charge >= 0.3 is 0 Å². The number of halogens is 1. The van der Waals surface area contributed by atoms with Gasteiger partial charge in [0, 0.05) is 38.9 Å². The van der Waals surface area contributed by atoms with E-state index in [1.165, 1.54) is 0 Å². The van der Waals surface area contributed by atoms with Gasteiger partial charge in [-0.15, -0.1) is 0 Å². The van der Waals surface area contributed by atoms with Crippen molar-refractivity contribution in [3.63, 3.8) is 0 Å². The number of aromatic amines is 1. The number of fused-ring (bicyclic) bond motifs is 1. The van der Waals surface area contributed by atoms with Gasteiger partial charge in [0.25, 0.3) is 0 Å². The molecule has 0 unspecified atom stereocenters. The smallest absolute Gasteiger partial charge is 0.195 e. The van der Waals surface area contributed by atoms with E-state index in [-0.39, 0.29) is 5.78 Å². The molecule has 106 valence electrons. The van der Waals surface area contributed by atoms with Gasteiger partial charge in [-0.1, -0.05) is 17.7 Å². The van der Waals surface area contributed by atoms with Crippen LogP contribution in [0.3, 0.4) is 0 Å². The molecule has 4 heteroatoms. The zero-order valence-electron chi connectivity index (χ0n) is 11.8. The first kappa shape index (κ1) is 13.7. The van der Waals surface area contributed by atoms with E-state index in [2.05, 4.69) is 4.98 Å². The van der Waals surface area contributed by atoms with Crippen molar-refractivity contribution in [1.82, 2.24) is 4.98 Å². The highest BCUT2D eigenvalue weighted by atomic mass is 35.5. The number of nitrogens with two attached hydrogens (primary N) is 1. The molecule has 0 aliphatic heterocycles. The molecule has 2 aromatic carbocycles. The van der Waals surface area contributed by atoms with Crippen LogP contribution in [-0.2, 0) is 0 Å². The summed E-state index contributed by atoms with van der Waals surface area (Å²) in [5, 5.41) is 1.43. The molecule has 0 aliphatic carbocycles. The average Bonchev–Trinajstić information content (AvgIpc) is 2.85. The van der Waals surface area contributed by atoms with Crippen molar-refractivity contribution >= 4 is 34.0 Å². The zero-order chi connectivity index (χ0) is 15.1. The maximum Gasteiger partial charge on any atom is 0.195 e. The maximum absolute atomic E-state index is 12.8. The number of carbonyl (C=O) groups excluding carboxylic acids is 1. The summed E-state index contributed by atoms with van der Waals surface area (Å²) in [4.78, 5) is 15.9. The molecule has 0 amide bonds. The second-order valence-corrected chi connectivity index (χ2v) is 5.68. The molecular formula is C17H15ClN2O. The van der Waals surface area contributed by atoms with Crippen LogP contribution in [0.2, 0.25) is 5.02 Å². The van der Waals surface area contributed by atoms with Crippen molar-refractivity contribution in [2.75, 3.05) is 5.73 Å². The highest BCUT2D eigenvalue weighted by Crippen LogP contribution is 2.27. The van der Waals surface area contributed by atoms with E-state index in [1.807, 2.05) is 26.0 Å². The molecule has 0 spiro atoms. The van der Waals surface area contributed by atoms with E-state index in [9.17, 15) is 4.79 Å². The van der Waals surface area contributed by atoms with Gasteiger partial charge < -0.3 is 10.7 Å². The Morgan fingerprint density at radius 2 is 1.86 bits per heavy atom. The van der Waals surface area contributed by atoms with Crippen molar-refractivity contribution < 1.29 is 4.79 Å². The third kappa shape index (κ3) is 2.30. The van der Waals surface area contributed by atoms with Crippen LogP contribution >= 0.6 is 11.6 Å². The van der Waals surface area contributed by atoms with Gasteiger partial charge in [-0.25, -0.2) is 0 Å². The molecule has 3 rings (SSSR count). The van der Waals surface area contributed by atoms with Gasteiger partial charge in [0.15, 0.2) is 5.78 Å². The second-order valence-electron chi connectivity index (χ2n) is 5.25. The molecule has 0 atom stereocenters. The maximum atomic E-state index is 12.8. The summed E-state index contributed by atoms with van der Waals surface area (Å²) in [6.45, 7) is 3.85. The molecular weight excluding hydrogens is 284 g/mol. The summed E-state index contributed by atoms with van der Waals surface area (Å²) < 4.78 is 0. The number of aromatic nitrogens is 1. The molecule has 0 aliphatic rings. The second kappa shape index (κ2) is 4.93. The first-order valence-electron chi connectivity index (χ1n) is 6.65. The van der Waals surface area contributed by atoms with Crippen LogP contribution < -0.4 is 5.73 Å². The molecule has 1 aromatic heterocycles. The Kier molecular flexibility index (Phi) is 3.22. The fourth-order valence-corrected chi connectivity index (χ4v) is 2.71. The van der Waals surface area contributed by atoms with E-state index in [1.54, 1.807) is 24.4 Å². The van der Waals surface area contributed by atoms with Crippen molar-refractivity contribution in [3.05, 3.63) is 63.8 Å². The predicted octanol–water partition coefficient (Wildman–Crippen LogP) is 4.25. The zero-order valence-corrected chi connectivity index (χ0v) is 12.6. The Morgan fingerprint density at radius 3 is 2.62 bits per heavy atom. The van der Waals surface area contributed by atoms with Crippen LogP contribution in [0.5, 0.6) is 0 Å². The highest BCUT2D eigenvalue weighted by molar-refractivity contribution is 6.31. The summed E-state index contributed by atoms with van der Waals surface area (Å²) in [7, 11) is 0. The van der Waals surface area contributed by atoms with Gasteiger partial charge in [0.1, 0.15) is 0 Å². The van der Waals surface area contributed by atoms with E-state index < -0.39 is 0 Å². The van der Waals surface area contributed by atoms with Crippen LogP contribution in [0, 0.1) is 13.8 Å². The van der Waals surface area contributed by atoms with E-state index >= 15 is 0 Å². The lowest BCUT2D eigenvalue weighted by Gasteiger charge is -2.08. The number of benzene rings is 2.